The van der Waals surface area contributed by atoms with Gasteiger partial charge in [-0.25, -0.2) is 4.79 Å². The van der Waals surface area contributed by atoms with Gasteiger partial charge < -0.3 is 5.11 Å². The van der Waals surface area contributed by atoms with Crippen molar-refractivity contribution >= 4 is 12.0 Å². The lowest BCUT2D eigenvalue weighted by Crippen LogP contribution is -1.99. The van der Waals surface area contributed by atoms with E-state index in [0.29, 0.717) is 6.54 Å². The van der Waals surface area contributed by atoms with Crippen LogP contribution in [0, 0.1) is 0 Å². The first kappa shape index (κ1) is 14.8. The number of carbonyl (C=O) groups is 1. The van der Waals surface area contributed by atoms with E-state index < -0.39 is 5.97 Å². The number of nitrogens with zero attached hydrogens (tertiary/aromatic N) is 2. The largest absolute Gasteiger partial charge is 0.478 e. The van der Waals surface area contributed by atoms with E-state index in [1.54, 1.807) is 6.08 Å². The van der Waals surface area contributed by atoms with Crippen LogP contribution in [0.1, 0.15) is 11.1 Å². The molecule has 0 aliphatic heterocycles. The molecule has 3 aromatic rings. The molecule has 0 spiro atoms. The minimum Gasteiger partial charge on any atom is -0.478 e. The van der Waals surface area contributed by atoms with Crippen molar-refractivity contribution in [1.29, 1.82) is 0 Å². The zero-order chi connectivity index (χ0) is 16.1. The van der Waals surface area contributed by atoms with Crippen molar-refractivity contribution in [2.45, 2.75) is 6.54 Å². The Morgan fingerprint density at radius 3 is 2.35 bits per heavy atom. The van der Waals surface area contributed by atoms with E-state index in [-0.39, 0.29) is 0 Å². The lowest BCUT2D eigenvalue weighted by Gasteiger charge is -2.01. The Kier molecular flexibility index (Phi) is 4.34. The Balaban J connectivity index is 1.98. The highest BCUT2D eigenvalue weighted by Crippen LogP contribution is 2.23. The number of benzene rings is 2. The van der Waals surface area contributed by atoms with Crippen LogP contribution in [0.3, 0.4) is 0 Å². The van der Waals surface area contributed by atoms with Crippen molar-refractivity contribution < 1.29 is 9.90 Å². The summed E-state index contributed by atoms with van der Waals surface area (Å²) in [6.45, 7) is 0.640. The molecule has 1 N–H and O–H groups in total. The summed E-state index contributed by atoms with van der Waals surface area (Å²) in [6.07, 6.45) is 4.59. The van der Waals surface area contributed by atoms with Crippen molar-refractivity contribution in [2.75, 3.05) is 0 Å². The van der Waals surface area contributed by atoms with Gasteiger partial charge in [0.2, 0.25) is 0 Å². The Hall–Kier alpha value is -3.14. The summed E-state index contributed by atoms with van der Waals surface area (Å²) in [4.78, 5) is 10.8. The van der Waals surface area contributed by atoms with E-state index in [1.165, 1.54) is 0 Å². The maximum Gasteiger partial charge on any atom is 0.328 e. The van der Waals surface area contributed by atoms with Gasteiger partial charge >= 0.3 is 5.97 Å². The maximum absolute atomic E-state index is 10.8. The van der Waals surface area contributed by atoms with Crippen molar-refractivity contribution in [3.05, 3.63) is 84.1 Å². The lowest BCUT2D eigenvalue weighted by molar-refractivity contribution is -0.131. The van der Waals surface area contributed by atoms with Gasteiger partial charge in [-0.2, -0.15) is 5.10 Å². The van der Waals surface area contributed by atoms with Crippen LogP contribution in [-0.2, 0) is 11.3 Å². The van der Waals surface area contributed by atoms with E-state index >= 15 is 0 Å². The molecule has 0 fully saturated rings. The van der Waals surface area contributed by atoms with Gasteiger partial charge in [-0.15, -0.1) is 0 Å². The molecule has 4 heteroatoms. The van der Waals surface area contributed by atoms with Gasteiger partial charge in [0.25, 0.3) is 0 Å². The summed E-state index contributed by atoms with van der Waals surface area (Å²) < 4.78 is 1.83. The van der Waals surface area contributed by atoms with Crippen LogP contribution < -0.4 is 0 Å². The van der Waals surface area contributed by atoms with E-state index in [4.69, 9.17) is 5.11 Å². The van der Waals surface area contributed by atoms with E-state index in [2.05, 4.69) is 5.10 Å². The molecule has 114 valence electrons. The molecule has 1 aromatic heterocycles. The highest BCUT2D eigenvalue weighted by atomic mass is 16.4. The fourth-order valence-corrected chi connectivity index (χ4v) is 2.39. The zero-order valence-corrected chi connectivity index (χ0v) is 12.5. The number of rotatable bonds is 5. The van der Waals surface area contributed by atoms with Gasteiger partial charge in [0.1, 0.15) is 0 Å². The second-order valence-corrected chi connectivity index (χ2v) is 5.15. The third-order valence-electron chi connectivity index (χ3n) is 3.43. The van der Waals surface area contributed by atoms with Gasteiger partial charge in [-0.05, 0) is 11.6 Å². The van der Waals surface area contributed by atoms with Crippen molar-refractivity contribution in [2.24, 2.45) is 0 Å². The maximum atomic E-state index is 10.8. The number of aromatic nitrogens is 2. The highest BCUT2D eigenvalue weighted by Gasteiger charge is 2.09. The third-order valence-corrected chi connectivity index (χ3v) is 3.43. The van der Waals surface area contributed by atoms with Crippen molar-refractivity contribution in [1.82, 2.24) is 9.78 Å². The molecule has 23 heavy (non-hydrogen) atoms. The molecule has 3 rings (SSSR count). The molecule has 0 atom stereocenters. The molecular formula is C19H16N2O2. The predicted octanol–water partition coefficient (Wildman–Crippen LogP) is 3.70. The average Bonchev–Trinajstić information content (AvgIpc) is 2.97. The summed E-state index contributed by atoms with van der Waals surface area (Å²) in [6, 6.07) is 19.8. The highest BCUT2D eigenvalue weighted by molar-refractivity contribution is 5.87. The van der Waals surface area contributed by atoms with Crippen LogP contribution >= 0.6 is 0 Å². The molecule has 2 aromatic carbocycles. The van der Waals surface area contributed by atoms with Gasteiger partial charge in [-0.1, -0.05) is 60.7 Å². The number of carboxylic acid groups (broad SMARTS) is 1. The number of hydrogen-bond acceptors (Lipinski definition) is 2. The quantitative estimate of drug-likeness (QED) is 0.731. The molecule has 0 saturated heterocycles. The van der Waals surface area contributed by atoms with Gasteiger partial charge in [0.15, 0.2) is 0 Å². The smallest absolute Gasteiger partial charge is 0.328 e. The standard InChI is InChI=1S/C19H16N2O2/c22-18(23)12-11-17-14-21(13-15-7-3-1-4-8-15)20-19(17)16-9-5-2-6-10-16/h1-12,14H,13H2,(H,22,23). The summed E-state index contributed by atoms with van der Waals surface area (Å²) in [5.74, 6) is -0.972. The lowest BCUT2D eigenvalue weighted by atomic mass is 10.1. The molecule has 0 aliphatic rings. The molecule has 0 bridgehead atoms. The molecule has 4 nitrogen and oxygen atoms in total. The average molecular weight is 304 g/mol. The first-order valence-electron chi connectivity index (χ1n) is 7.30. The van der Waals surface area contributed by atoms with Crippen LogP contribution in [-0.4, -0.2) is 20.9 Å². The van der Waals surface area contributed by atoms with Gasteiger partial charge in [0.05, 0.1) is 12.2 Å². The van der Waals surface area contributed by atoms with Crippen LogP contribution in [0.4, 0.5) is 0 Å². The fraction of sp³-hybridized carbons (Fsp3) is 0.0526. The van der Waals surface area contributed by atoms with E-state index in [0.717, 1.165) is 28.5 Å². The van der Waals surface area contributed by atoms with Gasteiger partial charge in [-0.3, -0.25) is 4.68 Å². The topological polar surface area (TPSA) is 55.1 Å². The summed E-state index contributed by atoms with van der Waals surface area (Å²) in [7, 11) is 0. The minimum absolute atomic E-state index is 0.640. The zero-order valence-electron chi connectivity index (χ0n) is 12.5. The number of hydrogen-bond donors (Lipinski definition) is 1. The monoisotopic (exact) mass is 304 g/mol. The number of carboxylic acids is 1. The molecule has 0 radical (unpaired) electrons. The number of aliphatic carboxylic acids is 1. The second kappa shape index (κ2) is 6.75. The molecular weight excluding hydrogens is 288 g/mol. The molecule has 0 aliphatic carbocycles. The normalized spacial score (nSPS) is 11.0. The van der Waals surface area contributed by atoms with Crippen LogP contribution in [0.25, 0.3) is 17.3 Å². The van der Waals surface area contributed by atoms with Crippen LogP contribution in [0.5, 0.6) is 0 Å². The Labute approximate surface area is 134 Å². The summed E-state index contributed by atoms with van der Waals surface area (Å²) in [5, 5.41) is 13.5. The predicted molar refractivity (Wildman–Crippen MR) is 89.9 cm³/mol. The molecule has 0 amide bonds. The first-order valence-corrected chi connectivity index (χ1v) is 7.30. The minimum atomic E-state index is -0.972. The first-order chi connectivity index (χ1) is 11.2. The van der Waals surface area contributed by atoms with E-state index in [1.807, 2.05) is 71.5 Å². The van der Waals surface area contributed by atoms with Crippen LogP contribution in [0.15, 0.2) is 72.9 Å². The Morgan fingerprint density at radius 2 is 1.70 bits per heavy atom. The molecule has 1 heterocycles. The Morgan fingerprint density at radius 1 is 1.04 bits per heavy atom. The second-order valence-electron chi connectivity index (χ2n) is 5.15. The Bertz CT molecular complexity index is 821. The van der Waals surface area contributed by atoms with Crippen molar-refractivity contribution in [3.63, 3.8) is 0 Å². The van der Waals surface area contributed by atoms with Crippen LogP contribution in [0.2, 0.25) is 0 Å². The third kappa shape index (κ3) is 3.74. The van der Waals surface area contributed by atoms with Gasteiger partial charge in [0, 0.05) is 23.4 Å². The summed E-state index contributed by atoms with van der Waals surface area (Å²) >= 11 is 0. The van der Waals surface area contributed by atoms with Crippen molar-refractivity contribution in [3.8, 4) is 11.3 Å². The molecule has 0 unspecified atom stereocenters. The summed E-state index contributed by atoms with van der Waals surface area (Å²) in [5.41, 5.74) is 3.67. The van der Waals surface area contributed by atoms with E-state index in [9.17, 15) is 4.79 Å². The SMILES string of the molecule is O=C(O)C=Cc1cn(Cc2ccccc2)nc1-c1ccccc1. The molecule has 0 saturated carbocycles. The fourth-order valence-electron chi connectivity index (χ4n) is 2.39.